The van der Waals surface area contributed by atoms with Crippen LogP contribution in [0.4, 0.5) is 0 Å². The summed E-state index contributed by atoms with van der Waals surface area (Å²) in [5, 5.41) is 8.85. The van der Waals surface area contributed by atoms with E-state index in [1.54, 1.807) is 0 Å². The van der Waals surface area contributed by atoms with Crippen LogP contribution in [0.1, 0.15) is 16.7 Å². The molecule has 0 atom stereocenters. The molecule has 5 nitrogen and oxygen atoms in total. The van der Waals surface area contributed by atoms with Gasteiger partial charge in [0.1, 0.15) is 0 Å². The molecule has 0 unspecified atom stereocenters. The number of nitrogens with zero attached hydrogens (tertiary/aromatic N) is 2. The molecule has 0 saturated heterocycles. The summed E-state index contributed by atoms with van der Waals surface area (Å²) in [4.78, 5) is 0. The molecule has 0 spiro atoms. The molecule has 2 aromatic carbocycles. The summed E-state index contributed by atoms with van der Waals surface area (Å²) in [6.45, 7) is 4.38. The van der Waals surface area contributed by atoms with E-state index in [1.165, 1.54) is 22.9 Å². The van der Waals surface area contributed by atoms with Gasteiger partial charge in [0.05, 0.1) is 0 Å². The van der Waals surface area contributed by atoms with Crippen LogP contribution in [0.2, 0.25) is 0 Å². The van der Waals surface area contributed by atoms with E-state index in [0.29, 0.717) is 16.9 Å². The Morgan fingerprint density at radius 1 is 1.00 bits per heavy atom. The van der Waals surface area contributed by atoms with Crippen molar-refractivity contribution in [3.05, 3.63) is 51.5 Å². The maximum atomic E-state index is 5.80. The van der Waals surface area contributed by atoms with Crippen LogP contribution in [-0.2, 0) is 5.75 Å². The van der Waals surface area contributed by atoms with Gasteiger partial charge >= 0.3 is 0 Å². The van der Waals surface area contributed by atoms with E-state index in [4.69, 9.17) is 13.9 Å². The maximum Gasteiger partial charge on any atom is 0.277 e. The first kappa shape index (κ1) is 16.5. The fourth-order valence-corrected chi connectivity index (χ4v) is 4.09. The van der Waals surface area contributed by atoms with Crippen molar-refractivity contribution in [3.63, 3.8) is 0 Å². The molecule has 0 saturated carbocycles. The second-order valence-electron chi connectivity index (χ2n) is 5.84. The summed E-state index contributed by atoms with van der Waals surface area (Å²) in [7, 11) is 0. The summed E-state index contributed by atoms with van der Waals surface area (Å²) in [5.41, 5.74) is 4.37. The Hall–Kier alpha value is -1.99. The molecule has 2 heterocycles. The number of thioether (sulfide) groups is 1. The van der Waals surface area contributed by atoms with Gasteiger partial charge in [-0.3, -0.25) is 0 Å². The Bertz CT molecular complexity index is 922. The second-order valence-corrected chi connectivity index (χ2v) is 7.62. The summed E-state index contributed by atoms with van der Waals surface area (Å²) in [6.07, 6.45) is 0. The van der Waals surface area contributed by atoms with E-state index in [9.17, 15) is 0 Å². The van der Waals surface area contributed by atoms with Crippen LogP contribution in [0.25, 0.3) is 11.5 Å². The third kappa shape index (κ3) is 3.52. The quantitative estimate of drug-likeness (QED) is 0.546. The van der Waals surface area contributed by atoms with Crippen molar-refractivity contribution in [3.8, 4) is 23.0 Å². The first-order valence-electron chi connectivity index (χ1n) is 7.71. The smallest absolute Gasteiger partial charge is 0.277 e. The molecule has 1 aliphatic heterocycles. The van der Waals surface area contributed by atoms with Crippen molar-refractivity contribution in [1.82, 2.24) is 10.2 Å². The molecule has 0 fully saturated rings. The molecule has 1 aliphatic rings. The SMILES string of the molecule is Cc1cc(C)cc(-c2nnc(SCc3cc4c(cc3Br)OCO4)o2)c1. The summed E-state index contributed by atoms with van der Waals surface area (Å²) in [5.74, 6) is 2.75. The highest BCUT2D eigenvalue weighted by Gasteiger charge is 2.17. The van der Waals surface area contributed by atoms with Crippen LogP contribution in [0.3, 0.4) is 0 Å². The van der Waals surface area contributed by atoms with Gasteiger partial charge in [-0.2, -0.15) is 0 Å². The molecule has 7 heteroatoms. The number of aryl methyl sites for hydroxylation is 2. The van der Waals surface area contributed by atoms with E-state index in [2.05, 4.69) is 46.0 Å². The van der Waals surface area contributed by atoms with Crippen molar-refractivity contribution >= 4 is 27.7 Å². The highest BCUT2D eigenvalue weighted by Crippen LogP contribution is 2.39. The van der Waals surface area contributed by atoms with Gasteiger partial charge in [0.2, 0.25) is 12.7 Å². The van der Waals surface area contributed by atoms with Crippen molar-refractivity contribution in [2.45, 2.75) is 24.8 Å². The van der Waals surface area contributed by atoms with Crippen LogP contribution in [0, 0.1) is 13.8 Å². The average Bonchev–Trinajstić information content (AvgIpc) is 3.20. The molecule has 0 amide bonds. The van der Waals surface area contributed by atoms with Crippen LogP contribution in [0.5, 0.6) is 11.5 Å². The van der Waals surface area contributed by atoms with Crippen molar-refractivity contribution < 1.29 is 13.9 Å². The summed E-state index contributed by atoms with van der Waals surface area (Å²) < 4.78 is 17.6. The molecule has 4 rings (SSSR count). The minimum Gasteiger partial charge on any atom is -0.454 e. The second kappa shape index (κ2) is 6.72. The van der Waals surface area contributed by atoms with Crippen LogP contribution in [-0.4, -0.2) is 17.0 Å². The zero-order valence-corrected chi connectivity index (χ0v) is 16.1. The molecular formula is C18H15BrN2O3S. The highest BCUT2D eigenvalue weighted by molar-refractivity contribution is 9.10. The van der Waals surface area contributed by atoms with Gasteiger partial charge in [0, 0.05) is 15.8 Å². The number of fused-ring (bicyclic) bond motifs is 1. The number of hydrogen-bond donors (Lipinski definition) is 0. The molecule has 128 valence electrons. The molecular weight excluding hydrogens is 404 g/mol. The molecule has 0 N–H and O–H groups in total. The van der Waals surface area contributed by atoms with Crippen molar-refractivity contribution in [1.29, 1.82) is 0 Å². The van der Waals surface area contributed by atoms with Gasteiger partial charge in [0.25, 0.3) is 5.22 Å². The van der Waals surface area contributed by atoms with Crippen LogP contribution < -0.4 is 9.47 Å². The summed E-state index contributed by atoms with van der Waals surface area (Å²) in [6, 6.07) is 10.1. The van der Waals surface area contributed by atoms with Gasteiger partial charge in [-0.25, -0.2) is 0 Å². The molecule has 0 radical (unpaired) electrons. The topological polar surface area (TPSA) is 57.4 Å². The predicted octanol–water partition coefficient (Wildman–Crippen LogP) is 5.14. The van der Waals surface area contributed by atoms with E-state index in [1.807, 2.05) is 24.3 Å². The normalized spacial score (nSPS) is 12.6. The fraction of sp³-hybridized carbons (Fsp3) is 0.222. The van der Waals surface area contributed by atoms with Gasteiger partial charge < -0.3 is 13.9 Å². The zero-order chi connectivity index (χ0) is 17.4. The number of halogens is 1. The first-order valence-corrected chi connectivity index (χ1v) is 9.49. The number of hydrogen-bond acceptors (Lipinski definition) is 6. The van der Waals surface area contributed by atoms with Crippen LogP contribution >= 0.6 is 27.7 Å². The monoisotopic (exact) mass is 418 g/mol. The molecule has 25 heavy (non-hydrogen) atoms. The van der Waals surface area contributed by atoms with Crippen molar-refractivity contribution in [2.24, 2.45) is 0 Å². The number of aromatic nitrogens is 2. The Morgan fingerprint density at radius 3 is 2.48 bits per heavy atom. The fourth-order valence-electron chi connectivity index (χ4n) is 2.69. The maximum absolute atomic E-state index is 5.80. The average molecular weight is 419 g/mol. The molecule has 1 aromatic heterocycles. The lowest BCUT2D eigenvalue weighted by Crippen LogP contribution is -1.92. The Labute approximate surface area is 157 Å². The minimum absolute atomic E-state index is 0.265. The summed E-state index contributed by atoms with van der Waals surface area (Å²) >= 11 is 5.06. The van der Waals surface area contributed by atoms with Crippen molar-refractivity contribution in [2.75, 3.05) is 6.79 Å². The highest BCUT2D eigenvalue weighted by atomic mass is 79.9. The van der Waals surface area contributed by atoms with E-state index < -0.39 is 0 Å². The van der Waals surface area contributed by atoms with Crippen LogP contribution in [0.15, 0.2) is 44.4 Å². The van der Waals surface area contributed by atoms with Gasteiger partial charge in [-0.1, -0.05) is 44.9 Å². The Morgan fingerprint density at radius 2 is 1.72 bits per heavy atom. The van der Waals surface area contributed by atoms with E-state index in [0.717, 1.165) is 27.1 Å². The molecule has 0 aliphatic carbocycles. The molecule has 3 aromatic rings. The van der Waals surface area contributed by atoms with Gasteiger partial charge in [0.15, 0.2) is 11.5 Å². The Balaban J connectivity index is 1.50. The lowest BCUT2D eigenvalue weighted by Gasteiger charge is -2.04. The minimum atomic E-state index is 0.265. The van der Waals surface area contributed by atoms with Gasteiger partial charge in [-0.05, 0) is 43.7 Å². The molecule has 0 bridgehead atoms. The zero-order valence-electron chi connectivity index (χ0n) is 13.7. The van der Waals surface area contributed by atoms with Gasteiger partial charge in [-0.15, -0.1) is 10.2 Å². The third-order valence-corrected chi connectivity index (χ3v) is 5.37. The predicted molar refractivity (Wildman–Crippen MR) is 99.0 cm³/mol. The van der Waals surface area contributed by atoms with E-state index >= 15 is 0 Å². The largest absolute Gasteiger partial charge is 0.454 e. The lowest BCUT2D eigenvalue weighted by molar-refractivity contribution is 0.174. The first-order chi connectivity index (χ1) is 12.1. The number of benzene rings is 2. The third-order valence-electron chi connectivity index (χ3n) is 3.77. The standard InChI is InChI=1S/C18H15BrN2O3S/c1-10-3-11(2)5-12(4-10)17-20-21-18(24-17)25-8-13-6-15-16(7-14(13)19)23-9-22-15/h3-7H,8-9H2,1-2H3. The Kier molecular flexibility index (Phi) is 4.43. The lowest BCUT2D eigenvalue weighted by atomic mass is 10.1. The number of rotatable bonds is 4. The van der Waals surface area contributed by atoms with E-state index in [-0.39, 0.29) is 6.79 Å². The number of ether oxygens (including phenoxy) is 2.